The van der Waals surface area contributed by atoms with Gasteiger partial charge in [-0.3, -0.25) is 0 Å². The average molecular weight is 426 g/mol. The van der Waals surface area contributed by atoms with Gasteiger partial charge in [-0.15, -0.1) is 11.8 Å². The highest BCUT2D eigenvalue weighted by molar-refractivity contribution is 7.99. The van der Waals surface area contributed by atoms with Gasteiger partial charge < -0.3 is 13.9 Å². The van der Waals surface area contributed by atoms with Gasteiger partial charge in [0.15, 0.2) is 0 Å². The summed E-state index contributed by atoms with van der Waals surface area (Å²) in [5, 5.41) is -0.184. The van der Waals surface area contributed by atoms with Crippen molar-refractivity contribution in [3.63, 3.8) is 0 Å². The molecule has 152 valence electrons. The Hall–Kier alpha value is -1.81. The fraction of sp³-hybridized carbons (Fsp3) is 0.421. The molecule has 1 aliphatic heterocycles. The van der Waals surface area contributed by atoms with Gasteiger partial charge in [0.25, 0.3) is 10.0 Å². The number of furan rings is 1. The second-order valence-corrected chi connectivity index (χ2v) is 9.67. The lowest BCUT2D eigenvalue weighted by Gasteiger charge is -2.11. The number of nitrogens with zero attached hydrogens (tertiary/aromatic N) is 1. The minimum atomic E-state index is -3.66. The molecule has 9 heteroatoms. The lowest BCUT2D eigenvalue weighted by molar-refractivity contribution is 0.0436. The van der Waals surface area contributed by atoms with Crippen molar-refractivity contribution in [1.29, 1.82) is 0 Å². The molecule has 0 N–H and O–H groups in total. The first kappa shape index (κ1) is 20.9. The van der Waals surface area contributed by atoms with Crippen molar-refractivity contribution >= 4 is 27.8 Å². The molecule has 1 unspecified atom stereocenters. The third-order valence-corrected chi connectivity index (χ3v) is 7.17. The Labute approximate surface area is 169 Å². The Morgan fingerprint density at radius 2 is 2.04 bits per heavy atom. The summed E-state index contributed by atoms with van der Waals surface area (Å²) >= 11 is 1.57. The second kappa shape index (κ2) is 9.13. The van der Waals surface area contributed by atoms with E-state index in [-0.39, 0.29) is 23.6 Å². The number of carbonyl (C=O) groups is 1. The molecule has 28 heavy (non-hydrogen) atoms. The number of rotatable bonds is 8. The molecule has 0 bridgehead atoms. The minimum Gasteiger partial charge on any atom is -0.454 e. The van der Waals surface area contributed by atoms with E-state index in [0.717, 1.165) is 34.4 Å². The van der Waals surface area contributed by atoms with Crippen LogP contribution >= 0.6 is 11.8 Å². The SMILES string of the molecule is CN(C)S(=O)(=O)c1ccc(COC(=O)c2ccccc2SCC2CCCO2)o1. The van der Waals surface area contributed by atoms with Crippen LogP contribution in [0, 0.1) is 0 Å². The summed E-state index contributed by atoms with van der Waals surface area (Å²) in [5.74, 6) is 0.566. The Morgan fingerprint density at radius 3 is 2.75 bits per heavy atom. The molecule has 0 radical (unpaired) electrons. The van der Waals surface area contributed by atoms with E-state index in [4.69, 9.17) is 13.9 Å². The largest absolute Gasteiger partial charge is 0.454 e. The molecule has 1 fully saturated rings. The quantitative estimate of drug-likeness (QED) is 0.474. The molecule has 3 rings (SSSR count). The van der Waals surface area contributed by atoms with Gasteiger partial charge >= 0.3 is 5.97 Å². The van der Waals surface area contributed by atoms with E-state index in [0.29, 0.717) is 5.56 Å². The van der Waals surface area contributed by atoms with Crippen molar-refractivity contribution in [3.8, 4) is 0 Å². The van der Waals surface area contributed by atoms with Crippen molar-refractivity contribution in [3.05, 3.63) is 47.7 Å². The van der Waals surface area contributed by atoms with Crippen LogP contribution in [0.2, 0.25) is 0 Å². The topological polar surface area (TPSA) is 86.0 Å². The first-order valence-corrected chi connectivity index (χ1v) is 11.3. The molecule has 7 nitrogen and oxygen atoms in total. The molecule has 1 atom stereocenters. The highest BCUT2D eigenvalue weighted by Crippen LogP contribution is 2.27. The highest BCUT2D eigenvalue weighted by atomic mass is 32.2. The van der Waals surface area contributed by atoms with E-state index in [2.05, 4.69) is 0 Å². The maximum absolute atomic E-state index is 12.5. The van der Waals surface area contributed by atoms with Crippen LogP contribution in [0.1, 0.15) is 29.0 Å². The lowest BCUT2D eigenvalue weighted by atomic mass is 10.2. The standard InChI is InChI=1S/C19H23NO6S2/c1-20(2)28(22,23)18-10-9-14(26-18)12-25-19(21)16-7-3-4-8-17(16)27-13-15-6-5-11-24-15/h3-4,7-10,15H,5-6,11-13H2,1-2H3. The Kier molecular flexibility index (Phi) is 6.82. The van der Waals surface area contributed by atoms with Crippen molar-refractivity contribution < 1.29 is 27.1 Å². The summed E-state index contributed by atoms with van der Waals surface area (Å²) in [6.45, 7) is 0.649. The van der Waals surface area contributed by atoms with Crippen LogP contribution in [0.4, 0.5) is 0 Å². The molecule has 2 aromatic rings. The van der Waals surface area contributed by atoms with Crippen molar-refractivity contribution in [2.45, 2.75) is 35.5 Å². The number of esters is 1. The van der Waals surface area contributed by atoms with Crippen molar-refractivity contribution in [2.24, 2.45) is 0 Å². The fourth-order valence-corrected chi connectivity index (χ4v) is 4.61. The average Bonchev–Trinajstić information content (AvgIpc) is 3.36. The zero-order valence-corrected chi connectivity index (χ0v) is 17.4. The predicted octanol–water partition coefficient (Wildman–Crippen LogP) is 3.16. The van der Waals surface area contributed by atoms with Crippen LogP contribution in [0.15, 0.2) is 50.8 Å². The molecule has 2 heterocycles. The lowest BCUT2D eigenvalue weighted by Crippen LogP contribution is -2.21. The monoisotopic (exact) mass is 425 g/mol. The van der Waals surface area contributed by atoms with Crippen LogP contribution in [0.3, 0.4) is 0 Å². The van der Waals surface area contributed by atoms with Gasteiger partial charge in [-0.05, 0) is 37.1 Å². The normalized spacial score (nSPS) is 17.2. The third-order valence-electron chi connectivity index (χ3n) is 4.27. The molecule has 1 aliphatic rings. The van der Waals surface area contributed by atoms with Gasteiger partial charge in [0.2, 0.25) is 5.09 Å². The Balaban J connectivity index is 1.61. The van der Waals surface area contributed by atoms with Gasteiger partial charge in [-0.2, -0.15) is 0 Å². The fourth-order valence-electron chi connectivity index (χ4n) is 2.69. The molecule has 1 aromatic carbocycles. The number of hydrogen-bond acceptors (Lipinski definition) is 7. The number of benzene rings is 1. The maximum Gasteiger partial charge on any atom is 0.339 e. The molecular weight excluding hydrogens is 402 g/mol. The van der Waals surface area contributed by atoms with Crippen LogP contribution in [0.5, 0.6) is 0 Å². The van der Waals surface area contributed by atoms with Crippen LogP contribution in [0.25, 0.3) is 0 Å². The Morgan fingerprint density at radius 1 is 1.25 bits per heavy atom. The van der Waals surface area contributed by atoms with E-state index in [1.54, 1.807) is 23.9 Å². The molecule has 0 spiro atoms. The Bertz CT molecular complexity index is 916. The van der Waals surface area contributed by atoms with Crippen LogP contribution in [-0.2, 0) is 26.1 Å². The molecule has 0 amide bonds. The van der Waals surface area contributed by atoms with E-state index >= 15 is 0 Å². The minimum absolute atomic E-state index is 0.146. The number of ether oxygens (including phenoxy) is 2. The molecule has 1 aromatic heterocycles. The number of sulfonamides is 1. The summed E-state index contributed by atoms with van der Waals surface area (Å²) in [7, 11) is -0.819. The zero-order chi connectivity index (χ0) is 20.1. The van der Waals surface area contributed by atoms with E-state index < -0.39 is 16.0 Å². The number of thioether (sulfide) groups is 1. The van der Waals surface area contributed by atoms with E-state index in [9.17, 15) is 13.2 Å². The second-order valence-electron chi connectivity index (χ2n) is 6.53. The summed E-state index contributed by atoms with van der Waals surface area (Å²) in [6, 6.07) is 10.1. The van der Waals surface area contributed by atoms with Crippen LogP contribution in [-0.4, -0.2) is 51.3 Å². The third kappa shape index (κ3) is 4.96. The number of carbonyl (C=O) groups excluding carboxylic acids is 1. The highest BCUT2D eigenvalue weighted by Gasteiger charge is 2.22. The van der Waals surface area contributed by atoms with Gasteiger partial charge in [0.1, 0.15) is 12.4 Å². The van der Waals surface area contributed by atoms with Gasteiger partial charge in [-0.25, -0.2) is 17.5 Å². The van der Waals surface area contributed by atoms with Gasteiger partial charge in [0.05, 0.1) is 11.7 Å². The summed E-state index contributed by atoms with van der Waals surface area (Å²) in [5.41, 5.74) is 0.471. The van der Waals surface area contributed by atoms with Crippen molar-refractivity contribution in [2.75, 3.05) is 26.5 Å². The summed E-state index contributed by atoms with van der Waals surface area (Å²) < 4.78 is 41.4. The predicted molar refractivity (Wildman–Crippen MR) is 105 cm³/mol. The summed E-state index contributed by atoms with van der Waals surface area (Å²) in [6.07, 6.45) is 2.33. The molecule has 0 aliphatic carbocycles. The number of hydrogen-bond donors (Lipinski definition) is 0. The van der Waals surface area contributed by atoms with Gasteiger partial charge in [-0.1, -0.05) is 12.1 Å². The van der Waals surface area contributed by atoms with Crippen LogP contribution < -0.4 is 0 Å². The molecule has 1 saturated heterocycles. The smallest absolute Gasteiger partial charge is 0.339 e. The maximum atomic E-state index is 12.5. The molecular formula is C19H23NO6S2. The first-order chi connectivity index (χ1) is 13.4. The van der Waals surface area contributed by atoms with E-state index in [1.807, 2.05) is 12.1 Å². The zero-order valence-electron chi connectivity index (χ0n) is 15.8. The van der Waals surface area contributed by atoms with Crippen molar-refractivity contribution in [1.82, 2.24) is 4.31 Å². The molecule has 0 saturated carbocycles. The summed E-state index contributed by atoms with van der Waals surface area (Å²) in [4.78, 5) is 13.3. The first-order valence-electron chi connectivity index (χ1n) is 8.89. The van der Waals surface area contributed by atoms with Gasteiger partial charge in [0, 0.05) is 31.4 Å². The van der Waals surface area contributed by atoms with E-state index in [1.165, 1.54) is 26.2 Å².